The Kier molecular flexibility index (Phi) is 3.49. The Balaban J connectivity index is 2.24. The number of aromatic nitrogens is 1. The Morgan fingerprint density at radius 2 is 2.29 bits per heavy atom. The van der Waals surface area contributed by atoms with Crippen LogP contribution in [0.5, 0.6) is 0 Å². The molecule has 0 saturated carbocycles. The van der Waals surface area contributed by atoms with Gasteiger partial charge >= 0.3 is 0 Å². The summed E-state index contributed by atoms with van der Waals surface area (Å²) in [6.45, 7) is 4.74. The first-order valence-corrected chi connectivity index (χ1v) is 6.35. The second-order valence-corrected chi connectivity index (χ2v) is 5.30. The number of aryl methyl sites for hydroxylation is 1. The van der Waals surface area contributed by atoms with Gasteiger partial charge in [-0.2, -0.15) is 0 Å². The molecule has 5 heteroatoms. The van der Waals surface area contributed by atoms with Crippen LogP contribution in [0.2, 0.25) is 0 Å². The van der Waals surface area contributed by atoms with E-state index in [0.717, 1.165) is 33.1 Å². The van der Waals surface area contributed by atoms with Gasteiger partial charge in [-0.3, -0.25) is 0 Å². The van der Waals surface area contributed by atoms with Crippen LogP contribution < -0.4 is 11.1 Å². The zero-order valence-electron chi connectivity index (χ0n) is 10.3. The number of methoxy groups -OCH3 is 1. The minimum atomic E-state index is 0.155. The number of hydrogen-bond donors (Lipinski definition) is 2. The lowest BCUT2D eigenvalue weighted by atomic mass is 10.2. The number of nitrogens with zero attached hydrogens (tertiary/aromatic N) is 1. The summed E-state index contributed by atoms with van der Waals surface area (Å²) in [7, 11) is 1.70. The van der Waals surface area contributed by atoms with Crippen LogP contribution in [0.1, 0.15) is 11.9 Å². The molecule has 1 heterocycles. The molecule has 1 atom stereocenters. The van der Waals surface area contributed by atoms with Crippen molar-refractivity contribution in [2.45, 2.75) is 20.0 Å². The topological polar surface area (TPSA) is 60.2 Å². The molecule has 0 spiro atoms. The Bertz CT molecular complexity index is 524. The number of nitrogen functional groups attached to an aromatic ring is 1. The Hall–Kier alpha value is -1.33. The minimum absolute atomic E-state index is 0.155. The lowest BCUT2D eigenvalue weighted by Crippen LogP contribution is -2.18. The quantitative estimate of drug-likeness (QED) is 0.820. The van der Waals surface area contributed by atoms with Crippen molar-refractivity contribution in [3.05, 3.63) is 17.1 Å². The highest BCUT2D eigenvalue weighted by molar-refractivity contribution is 7.18. The third-order valence-electron chi connectivity index (χ3n) is 2.65. The van der Waals surface area contributed by atoms with Gasteiger partial charge in [-0.05, 0) is 26.0 Å². The molecule has 2 aromatic rings. The summed E-state index contributed by atoms with van der Waals surface area (Å²) in [5, 5.41) is 4.34. The van der Waals surface area contributed by atoms with Gasteiger partial charge in [0.2, 0.25) is 0 Å². The lowest BCUT2D eigenvalue weighted by molar-refractivity contribution is 0.129. The predicted molar refractivity (Wildman–Crippen MR) is 73.7 cm³/mol. The SMILES string of the molecule is COC(C)CNc1cc2nc(C)sc2cc1N. The number of fused-ring (bicyclic) bond motifs is 1. The number of thiazole rings is 1. The van der Waals surface area contributed by atoms with E-state index in [4.69, 9.17) is 10.5 Å². The van der Waals surface area contributed by atoms with E-state index in [1.165, 1.54) is 0 Å². The van der Waals surface area contributed by atoms with Crippen molar-refractivity contribution in [1.29, 1.82) is 0 Å². The molecule has 1 aromatic carbocycles. The van der Waals surface area contributed by atoms with E-state index < -0.39 is 0 Å². The van der Waals surface area contributed by atoms with Gasteiger partial charge in [0.15, 0.2) is 0 Å². The van der Waals surface area contributed by atoms with Gasteiger partial charge < -0.3 is 15.8 Å². The van der Waals surface area contributed by atoms with Gasteiger partial charge in [0.25, 0.3) is 0 Å². The van der Waals surface area contributed by atoms with E-state index in [9.17, 15) is 0 Å². The highest BCUT2D eigenvalue weighted by Crippen LogP contribution is 2.29. The number of nitrogens with one attached hydrogen (secondary N) is 1. The van der Waals surface area contributed by atoms with Crippen LogP contribution in [0, 0.1) is 6.92 Å². The van der Waals surface area contributed by atoms with Crippen molar-refractivity contribution in [2.24, 2.45) is 0 Å². The van der Waals surface area contributed by atoms with Crippen molar-refractivity contribution in [3.63, 3.8) is 0 Å². The average molecular weight is 251 g/mol. The minimum Gasteiger partial charge on any atom is -0.397 e. The van der Waals surface area contributed by atoms with Gasteiger partial charge in [0.05, 0.1) is 32.7 Å². The summed E-state index contributed by atoms with van der Waals surface area (Å²) in [6, 6.07) is 3.97. The summed E-state index contributed by atoms with van der Waals surface area (Å²) < 4.78 is 6.32. The third-order valence-corrected chi connectivity index (χ3v) is 3.58. The maximum Gasteiger partial charge on any atom is 0.0907 e. The molecule has 0 bridgehead atoms. The monoisotopic (exact) mass is 251 g/mol. The maximum atomic E-state index is 6.00. The van der Waals surface area contributed by atoms with Crippen LogP contribution >= 0.6 is 11.3 Å². The van der Waals surface area contributed by atoms with Gasteiger partial charge in [-0.15, -0.1) is 11.3 Å². The molecule has 92 valence electrons. The van der Waals surface area contributed by atoms with E-state index in [1.54, 1.807) is 18.4 Å². The number of benzene rings is 1. The molecule has 0 amide bonds. The second kappa shape index (κ2) is 4.89. The zero-order valence-corrected chi connectivity index (χ0v) is 11.1. The average Bonchev–Trinajstić information content (AvgIpc) is 2.64. The van der Waals surface area contributed by atoms with Gasteiger partial charge in [0.1, 0.15) is 0 Å². The third kappa shape index (κ3) is 2.68. The Morgan fingerprint density at radius 1 is 1.53 bits per heavy atom. The highest BCUT2D eigenvalue weighted by Gasteiger charge is 2.07. The van der Waals surface area contributed by atoms with Crippen molar-refractivity contribution >= 4 is 32.9 Å². The summed E-state index contributed by atoms with van der Waals surface area (Å²) in [6.07, 6.45) is 0.155. The van der Waals surface area contributed by atoms with Crippen LogP contribution in [0.4, 0.5) is 11.4 Å². The first kappa shape index (κ1) is 12.1. The van der Waals surface area contributed by atoms with Crippen LogP contribution in [0.15, 0.2) is 12.1 Å². The number of rotatable bonds is 4. The summed E-state index contributed by atoms with van der Waals surface area (Å²) in [5.74, 6) is 0. The van der Waals surface area contributed by atoms with Crippen molar-refractivity contribution in [2.75, 3.05) is 24.7 Å². The van der Waals surface area contributed by atoms with Crippen LogP contribution in [0.3, 0.4) is 0 Å². The molecule has 0 fully saturated rings. The van der Waals surface area contributed by atoms with E-state index in [-0.39, 0.29) is 6.10 Å². The van der Waals surface area contributed by atoms with Crippen molar-refractivity contribution < 1.29 is 4.74 Å². The van der Waals surface area contributed by atoms with Crippen LogP contribution in [-0.4, -0.2) is 24.7 Å². The fraction of sp³-hybridized carbons (Fsp3) is 0.417. The smallest absolute Gasteiger partial charge is 0.0907 e. The zero-order chi connectivity index (χ0) is 12.4. The van der Waals surface area contributed by atoms with E-state index in [1.807, 2.05) is 26.0 Å². The molecule has 0 aliphatic rings. The fourth-order valence-corrected chi connectivity index (χ4v) is 2.45. The largest absolute Gasteiger partial charge is 0.397 e. The molecule has 1 unspecified atom stereocenters. The normalized spacial score (nSPS) is 12.9. The first-order chi connectivity index (χ1) is 8.10. The van der Waals surface area contributed by atoms with Crippen LogP contribution in [-0.2, 0) is 4.74 Å². The van der Waals surface area contributed by atoms with E-state index in [2.05, 4.69) is 10.3 Å². The number of ether oxygens (including phenoxy) is 1. The molecular formula is C12H17N3OS. The molecule has 3 N–H and O–H groups in total. The first-order valence-electron chi connectivity index (χ1n) is 5.53. The van der Waals surface area contributed by atoms with Crippen molar-refractivity contribution in [1.82, 2.24) is 4.98 Å². The number of hydrogen-bond acceptors (Lipinski definition) is 5. The van der Waals surface area contributed by atoms with E-state index >= 15 is 0 Å². The highest BCUT2D eigenvalue weighted by atomic mass is 32.1. The molecule has 17 heavy (non-hydrogen) atoms. The Morgan fingerprint density at radius 3 is 3.00 bits per heavy atom. The predicted octanol–water partition coefficient (Wildman–Crippen LogP) is 2.63. The molecular weight excluding hydrogens is 234 g/mol. The molecule has 0 saturated heterocycles. The van der Waals surface area contributed by atoms with Crippen LogP contribution in [0.25, 0.3) is 10.2 Å². The summed E-state index contributed by atoms with van der Waals surface area (Å²) >= 11 is 1.66. The summed E-state index contributed by atoms with van der Waals surface area (Å²) in [5.41, 5.74) is 8.67. The maximum absolute atomic E-state index is 6.00. The van der Waals surface area contributed by atoms with Crippen molar-refractivity contribution in [3.8, 4) is 0 Å². The molecule has 4 nitrogen and oxygen atoms in total. The fourth-order valence-electron chi connectivity index (χ4n) is 1.59. The molecule has 0 radical (unpaired) electrons. The molecule has 1 aromatic heterocycles. The second-order valence-electron chi connectivity index (χ2n) is 4.07. The van der Waals surface area contributed by atoms with Gasteiger partial charge in [-0.1, -0.05) is 0 Å². The van der Waals surface area contributed by atoms with E-state index in [0.29, 0.717) is 0 Å². The van der Waals surface area contributed by atoms with Gasteiger partial charge in [0, 0.05) is 13.7 Å². The molecule has 0 aliphatic carbocycles. The Labute approximate surface area is 105 Å². The lowest BCUT2D eigenvalue weighted by Gasteiger charge is -2.13. The molecule has 2 rings (SSSR count). The molecule has 0 aliphatic heterocycles. The summed E-state index contributed by atoms with van der Waals surface area (Å²) in [4.78, 5) is 4.45. The van der Waals surface area contributed by atoms with Gasteiger partial charge in [-0.25, -0.2) is 4.98 Å². The number of nitrogens with two attached hydrogens (primary N) is 1. The number of anilines is 2. The standard InChI is InChI=1S/C12H17N3OS/c1-7(16-3)6-14-10-5-11-12(4-9(10)13)17-8(2)15-11/h4-5,7,14H,6,13H2,1-3H3.